The fourth-order valence-corrected chi connectivity index (χ4v) is 14.0. The van der Waals surface area contributed by atoms with E-state index in [1.54, 1.807) is 6.08 Å². The Hall–Kier alpha value is -2.57. The van der Waals surface area contributed by atoms with Crippen molar-refractivity contribution in [3.63, 3.8) is 0 Å². The summed E-state index contributed by atoms with van der Waals surface area (Å²) in [6.45, 7) is 2.73. The van der Waals surface area contributed by atoms with Crippen LogP contribution in [0.25, 0.3) is 0 Å². The SMILES string of the molecule is CC/C=C\C/C=C\C/C=C\C/C=C\CCCCCCCCCCCCCCCCCCCCCCCCCCCCC(=O)NC(COC1OC(CO)C(OC2OC(CO)C(O)C(O)C2O)C(O)C1O)C(O)/C=C/CC/C=C/CCCCCCCCCCCCCCCCCCCCCCCC. The average molecular weight is 1430 g/mol. The first kappa shape index (κ1) is 94.5. The van der Waals surface area contributed by atoms with Crippen LogP contribution in [0.4, 0.5) is 0 Å². The van der Waals surface area contributed by atoms with E-state index < -0.39 is 86.8 Å². The summed E-state index contributed by atoms with van der Waals surface area (Å²) in [6.07, 6.45) is 81.5. The van der Waals surface area contributed by atoms with Crippen molar-refractivity contribution in [2.45, 2.75) is 453 Å². The molecule has 2 aliphatic rings. The lowest BCUT2D eigenvalue weighted by Crippen LogP contribution is -2.65. The third-order valence-corrected chi connectivity index (χ3v) is 20.6. The summed E-state index contributed by atoms with van der Waals surface area (Å²) in [6, 6.07) is -0.934. The van der Waals surface area contributed by atoms with Gasteiger partial charge in [-0.2, -0.15) is 0 Å². The van der Waals surface area contributed by atoms with Crippen molar-refractivity contribution in [1.29, 1.82) is 0 Å². The zero-order chi connectivity index (χ0) is 73.0. The van der Waals surface area contributed by atoms with E-state index in [-0.39, 0.29) is 18.9 Å². The molecule has 1 amide bonds. The molecule has 590 valence electrons. The average Bonchev–Trinajstić information content (AvgIpc) is 0.790. The molecule has 0 spiro atoms. The van der Waals surface area contributed by atoms with Gasteiger partial charge < -0.3 is 65.1 Å². The van der Waals surface area contributed by atoms with Crippen molar-refractivity contribution in [3.05, 3.63) is 72.9 Å². The highest BCUT2D eigenvalue weighted by atomic mass is 16.7. The summed E-state index contributed by atoms with van der Waals surface area (Å²) in [5.74, 6) is -0.242. The summed E-state index contributed by atoms with van der Waals surface area (Å²) in [4.78, 5) is 13.4. The molecule has 14 nitrogen and oxygen atoms in total. The quantitative estimate of drug-likeness (QED) is 0.0204. The second-order valence-corrected chi connectivity index (χ2v) is 29.9. The van der Waals surface area contributed by atoms with Crippen LogP contribution in [0.3, 0.4) is 0 Å². The zero-order valence-electron chi connectivity index (χ0n) is 64.9. The minimum Gasteiger partial charge on any atom is -0.394 e. The Kier molecular flexibility index (Phi) is 65.9. The van der Waals surface area contributed by atoms with E-state index in [4.69, 9.17) is 18.9 Å². The fourth-order valence-electron chi connectivity index (χ4n) is 14.0. The number of ether oxygens (including phenoxy) is 4. The molecular weight excluding hydrogens is 1270 g/mol. The normalized spacial score (nSPS) is 22.1. The topological polar surface area (TPSA) is 228 Å². The Morgan fingerprint density at radius 1 is 0.366 bits per heavy atom. The first-order chi connectivity index (χ1) is 49.6. The standard InChI is InChI=1S/C87H159NO13/c1-3-5-7-9-11-13-15-17-19-21-23-25-27-29-31-33-34-35-36-37-38-39-40-41-42-43-45-47-49-51-53-55-57-59-61-63-65-67-69-71-79(92)88-75(74-98-86-84(97)82(95)85(78(73-90)100-86)101-87-83(96)81(94)80(93)77(72-89)99-87)76(91)70-68-66-64-62-60-58-56-54-52-50-48-46-44-32-30-28-26-24-22-20-18-16-14-12-10-8-6-4-2/h5,7,11,13,17,19,23,25,60,62,68,70,75-78,80-87,89-91,93-97H,3-4,6,8-10,12,14-16,18,20-22,24,26-59,61,63-67,69,71-74H2,1-2H3,(H,88,92)/b7-5-,13-11-,19-17-,25-23-,62-60+,70-68+. The predicted molar refractivity (Wildman–Crippen MR) is 420 cm³/mol. The van der Waals surface area contributed by atoms with E-state index in [0.717, 1.165) is 57.8 Å². The summed E-state index contributed by atoms with van der Waals surface area (Å²) >= 11 is 0. The summed E-state index contributed by atoms with van der Waals surface area (Å²) in [5.41, 5.74) is 0. The van der Waals surface area contributed by atoms with E-state index in [9.17, 15) is 45.6 Å². The fraction of sp³-hybridized carbons (Fsp3) is 0.851. The number of nitrogens with one attached hydrogen (secondary N) is 1. The van der Waals surface area contributed by atoms with Crippen LogP contribution in [0, 0.1) is 0 Å². The number of hydrogen-bond acceptors (Lipinski definition) is 13. The maximum atomic E-state index is 13.4. The van der Waals surface area contributed by atoms with E-state index in [1.165, 1.54) is 289 Å². The number of hydrogen-bond donors (Lipinski definition) is 9. The van der Waals surface area contributed by atoms with Gasteiger partial charge in [-0.3, -0.25) is 4.79 Å². The number of carbonyl (C=O) groups excluding carboxylic acids is 1. The number of unbranched alkanes of at least 4 members (excludes halogenated alkanes) is 49. The van der Waals surface area contributed by atoms with Crippen molar-refractivity contribution in [3.8, 4) is 0 Å². The molecule has 12 unspecified atom stereocenters. The van der Waals surface area contributed by atoms with Crippen LogP contribution in [0.1, 0.15) is 380 Å². The van der Waals surface area contributed by atoms with Crippen molar-refractivity contribution >= 4 is 5.91 Å². The molecule has 0 radical (unpaired) electrons. The molecular formula is C87H159NO13. The van der Waals surface area contributed by atoms with Crippen LogP contribution in [0.2, 0.25) is 0 Å². The minimum atomic E-state index is -1.79. The highest BCUT2D eigenvalue weighted by molar-refractivity contribution is 5.76. The van der Waals surface area contributed by atoms with Crippen LogP contribution in [0.15, 0.2) is 72.9 Å². The summed E-state index contributed by atoms with van der Waals surface area (Å²) < 4.78 is 22.9. The summed E-state index contributed by atoms with van der Waals surface area (Å²) in [5, 5.41) is 87.7. The number of amides is 1. The van der Waals surface area contributed by atoms with Crippen molar-refractivity contribution in [1.82, 2.24) is 5.32 Å². The number of allylic oxidation sites excluding steroid dienone is 11. The molecule has 14 heteroatoms. The molecule has 0 aromatic heterocycles. The number of rotatable bonds is 72. The first-order valence-corrected chi connectivity index (χ1v) is 42.7. The van der Waals surface area contributed by atoms with Crippen molar-refractivity contribution < 1.29 is 64.6 Å². The summed E-state index contributed by atoms with van der Waals surface area (Å²) in [7, 11) is 0. The molecule has 2 fully saturated rings. The van der Waals surface area contributed by atoms with Gasteiger partial charge in [0.2, 0.25) is 5.91 Å². The van der Waals surface area contributed by atoms with Crippen LogP contribution < -0.4 is 5.32 Å². The maximum absolute atomic E-state index is 13.4. The van der Waals surface area contributed by atoms with Gasteiger partial charge in [-0.05, 0) is 70.6 Å². The van der Waals surface area contributed by atoms with Crippen LogP contribution in [0.5, 0.6) is 0 Å². The maximum Gasteiger partial charge on any atom is 0.220 e. The van der Waals surface area contributed by atoms with Gasteiger partial charge >= 0.3 is 0 Å². The Labute approximate surface area is 618 Å². The van der Waals surface area contributed by atoms with Gasteiger partial charge in [0.1, 0.15) is 48.8 Å². The Bertz CT molecular complexity index is 1980. The Balaban J connectivity index is 1.58. The molecule has 2 saturated heterocycles. The van der Waals surface area contributed by atoms with Gasteiger partial charge in [-0.25, -0.2) is 0 Å². The van der Waals surface area contributed by atoms with Crippen LogP contribution in [-0.4, -0.2) is 140 Å². The molecule has 101 heavy (non-hydrogen) atoms. The molecule has 12 atom stereocenters. The van der Waals surface area contributed by atoms with Gasteiger partial charge in [0, 0.05) is 6.42 Å². The van der Waals surface area contributed by atoms with Crippen LogP contribution >= 0.6 is 0 Å². The molecule has 0 bridgehead atoms. The molecule has 2 rings (SSSR count). The monoisotopic (exact) mass is 1430 g/mol. The first-order valence-electron chi connectivity index (χ1n) is 42.7. The smallest absolute Gasteiger partial charge is 0.220 e. The van der Waals surface area contributed by atoms with Gasteiger partial charge in [-0.1, -0.05) is 376 Å². The third-order valence-electron chi connectivity index (χ3n) is 20.6. The van der Waals surface area contributed by atoms with Crippen molar-refractivity contribution in [2.24, 2.45) is 0 Å². The van der Waals surface area contributed by atoms with Gasteiger partial charge in [0.15, 0.2) is 12.6 Å². The number of carbonyl (C=O) groups is 1. The molecule has 0 aromatic rings. The molecule has 0 saturated carbocycles. The molecule has 0 aliphatic carbocycles. The second-order valence-electron chi connectivity index (χ2n) is 29.9. The predicted octanol–water partition coefficient (Wildman–Crippen LogP) is 20.1. The number of aliphatic hydroxyl groups excluding tert-OH is 8. The zero-order valence-corrected chi connectivity index (χ0v) is 64.9. The van der Waals surface area contributed by atoms with E-state index in [1.807, 2.05) is 6.08 Å². The van der Waals surface area contributed by atoms with Gasteiger partial charge in [0.25, 0.3) is 0 Å². The Morgan fingerprint density at radius 3 is 1.09 bits per heavy atom. The molecule has 0 aromatic carbocycles. The van der Waals surface area contributed by atoms with E-state index >= 15 is 0 Å². The van der Waals surface area contributed by atoms with Gasteiger partial charge in [-0.15, -0.1) is 0 Å². The Morgan fingerprint density at radius 2 is 0.693 bits per heavy atom. The second kappa shape index (κ2) is 70.4. The highest BCUT2D eigenvalue weighted by Crippen LogP contribution is 2.30. The van der Waals surface area contributed by atoms with Crippen LogP contribution in [-0.2, 0) is 23.7 Å². The van der Waals surface area contributed by atoms with E-state index in [2.05, 4.69) is 79.9 Å². The molecule has 2 heterocycles. The lowest BCUT2D eigenvalue weighted by molar-refractivity contribution is -0.359. The lowest BCUT2D eigenvalue weighted by atomic mass is 9.97. The van der Waals surface area contributed by atoms with E-state index in [0.29, 0.717) is 12.8 Å². The minimum absolute atomic E-state index is 0.242. The third kappa shape index (κ3) is 53.0. The number of aliphatic hydroxyl groups is 8. The highest BCUT2D eigenvalue weighted by Gasteiger charge is 2.51. The van der Waals surface area contributed by atoms with Gasteiger partial charge in [0.05, 0.1) is 32.0 Å². The molecule has 2 aliphatic heterocycles. The molecule has 9 N–H and O–H groups in total. The largest absolute Gasteiger partial charge is 0.394 e. The lowest BCUT2D eigenvalue weighted by Gasteiger charge is -2.46. The van der Waals surface area contributed by atoms with Crippen molar-refractivity contribution in [2.75, 3.05) is 19.8 Å².